The Bertz CT molecular complexity index is 2460. The molecule has 1 aliphatic rings. The molecule has 5 heterocycles. The molecule has 0 saturated heterocycles. The summed E-state index contributed by atoms with van der Waals surface area (Å²) < 4.78 is 56.8. The van der Waals surface area contributed by atoms with Gasteiger partial charge in [-0.1, -0.05) is 48.5 Å². The van der Waals surface area contributed by atoms with Crippen LogP contribution in [0.25, 0.3) is 22.3 Å². The lowest BCUT2D eigenvalue weighted by molar-refractivity contribution is 0.627. The Morgan fingerprint density at radius 2 is 0.442 bits per heavy atom. The molecule has 0 aliphatic carbocycles. The van der Waals surface area contributed by atoms with Gasteiger partial charge >= 0.3 is 0 Å². The van der Waals surface area contributed by atoms with Crippen LogP contribution in [0, 0.1) is 23.3 Å². The monoisotopic (exact) mass is 688 g/mol. The molecule has 0 amide bonds. The highest BCUT2D eigenvalue weighted by Crippen LogP contribution is 2.28. The van der Waals surface area contributed by atoms with Crippen molar-refractivity contribution in [3.8, 4) is 0 Å². The van der Waals surface area contributed by atoms with Crippen molar-refractivity contribution >= 4 is 22.3 Å². The molecule has 4 N–H and O–H groups in total. The van der Waals surface area contributed by atoms with Crippen LogP contribution in [0.5, 0.6) is 0 Å². The Hall–Kier alpha value is -6.80. The minimum absolute atomic E-state index is 0.349. The number of H-pyrrole nitrogens is 4. The first kappa shape index (κ1) is 31.2. The number of aromatic amines is 4. The van der Waals surface area contributed by atoms with E-state index in [2.05, 4.69) is 19.9 Å². The van der Waals surface area contributed by atoms with Gasteiger partial charge in [-0.3, -0.25) is 0 Å². The molecule has 0 fully saturated rings. The average Bonchev–Trinajstić information content (AvgIpc) is 3.99. The number of benzene rings is 4. The number of fused-ring (bicyclic) bond motifs is 8. The average molecular weight is 689 g/mol. The number of halogens is 4. The van der Waals surface area contributed by atoms with Crippen LogP contribution in [0.2, 0.25) is 0 Å². The molecule has 0 saturated carbocycles. The minimum Gasteiger partial charge on any atom is -0.354 e. The molecule has 8 aromatic rings. The molecule has 0 atom stereocenters. The summed E-state index contributed by atoms with van der Waals surface area (Å²) in [5, 5.41) is 3.05. The van der Waals surface area contributed by atoms with E-state index >= 15 is 0 Å². The quantitative estimate of drug-likeness (QED) is 0.146. The van der Waals surface area contributed by atoms with Crippen molar-refractivity contribution in [3.05, 3.63) is 235 Å². The van der Waals surface area contributed by atoms with Gasteiger partial charge in [-0.15, -0.1) is 0 Å². The first-order valence-electron chi connectivity index (χ1n) is 16.7. The van der Waals surface area contributed by atoms with Crippen LogP contribution in [0.3, 0.4) is 0 Å². The van der Waals surface area contributed by atoms with Crippen molar-refractivity contribution in [1.82, 2.24) is 19.9 Å². The predicted molar refractivity (Wildman–Crippen MR) is 194 cm³/mol. The summed E-state index contributed by atoms with van der Waals surface area (Å²) >= 11 is 0. The van der Waals surface area contributed by atoms with Crippen molar-refractivity contribution in [2.75, 3.05) is 0 Å². The molecule has 0 radical (unpaired) electrons. The lowest BCUT2D eigenvalue weighted by Crippen LogP contribution is -2.19. The topological polar surface area (TPSA) is 63.2 Å². The van der Waals surface area contributed by atoms with Gasteiger partial charge in [-0.25, -0.2) is 17.6 Å². The summed E-state index contributed by atoms with van der Waals surface area (Å²) in [4.78, 5) is 14.5. The molecule has 8 bridgehead atoms. The SMILES string of the molecule is Fc1ccc(C2=c3ccc([nH]3)=C(c3ccc(F)cc3)c3ccc([nH]3)C(c3ccc(F)cc3)=c3ccc([nH]3)=C(c3ccc(F)cc3)c3ccc2[nH]3)cc1. The summed E-state index contributed by atoms with van der Waals surface area (Å²) in [5.41, 5.74) is 9.35. The van der Waals surface area contributed by atoms with Gasteiger partial charge in [-0.2, -0.15) is 0 Å². The lowest BCUT2D eigenvalue weighted by Gasteiger charge is -2.10. The van der Waals surface area contributed by atoms with Crippen LogP contribution in [0.15, 0.2) is 146 Å². The first-order chi connectivity index (χ1) is 25.4. The van der Waals surface area contributed by atoms with Crippen LogP contribution in [-0.4, -0.2) is 19.9 Å². The maximum absolute atomic E-state index is 14.2. The van der Waals surface area contributed by atoms with E-state index in [1.165, 1.54) is 48.5 Å². The third kappa shape index (κ3) is 5.60. The van der Waals surface area contributed by atoms with Crippen LogP contribution in [-0.2, 0) is 0 Å². The second-order valence-electron chi connectivity index (χ2n) is 12.7. The van der Waals surface area contributed by atoms with E-state index in [4.69, 9.17) is 0 Å². The van der Waals surface area contributed by atoms with E-state index in [1.807, 2.05) is 48.5 Å². The van der Waals surface area contributed by atoms with Crippen molar-refractivity contribution in [2.45, 2.75) is 0 Å². The van der Waals surface area contributed by atoms with Crippen LogP contribution < -0.4 is 21.4 Å². The maximum Gasteiger partial charge on any atom is 0.123 e. The van der Waals surface area contributed by atoms with Crippen molar-refractivity contribution < 1.29 is 17.6 Å². The molecule has 4 nitrogen and oxygen atoms in total. The van der Waals surface area contributed by atoms with Crippen molar-refractivity contribution in [2.24, 2.45) is 0 Å². The maximum atomic E-state index is 14.2. The Balaban J connectivity index is 1.43. The molecule has 4 aromatic heterocycles. The fourth-order valence-electron chi connectivity index (χ4n) is 7.04. The van der Waals surface area contributed by atoms with E-state index in [-0.39, 0.29) is 23.3 Å². The zero-order valence-electron chi connectivity index (χ0n) is 27.4. The molecule has 52 heavy (non-hydrogen) atoms. The Morgan fingerprint density at radius 1 is 0.231 bits per heavy atom. The van der Waals surface area contributed by atoms with Crippen LogP contribution in [0.1, 0.15) is 45.0 Å². The summed E-state index contributed by atoms with van der Waals surface area (Å²) in [6.45, 7) is 0. The predicted octanol–water partition coefficient (Wildman–Crippen LogP) is 6.86. The number of aromatic nitrogens is 4. The first-order valence-corrected chi connectivity index (χ1v) is 16.7. The van der Waals surface area contributed by atoms with Gasteiger partial charge in [-0.05, 0) is 119 Å². The van der Waals surface area contributed by atoms with Gasteiger partial charge in [0.15, 0.2) is 0 Å². The van der Waals surface area contributed by atoms with Gasteiger partial charge in [0, 0.05) is 66.5 Å². The summed E-state index contributed by atoms with van der Waals surface area (Å²) in [6, 6.07) is 41.1. The molecule has 252 valence electrons. The molecule has 9 rings (SSSR count). The van der Waals surface area contributed by atoms with E-state index in [1.54, 1.807) is 48.5 Å². The van der Waals surface area contributed by atoms with Gasteiger partial charge in [0.1, 0.15) is 23.3 Å². The van der Waals surface area contributed by atoms with Gasteiger partial charge in [0.25, 0.3) is 0 Å². The Kier molecular flexibility index (Phi) is 7.51. The smallest absolute Gasteiger partial charge is 0.123 e. The zero-order valence-corrected chi connectivity index (χ0v) is 27.4. The zero-order chi connectivity index (χ0) is 35.3. The third-order valence-electron chi connectivity index (χ3n) is 9.43. The number of nitrogens with one attached hydrogen (secondary N) is 4. The number of hydrogen-bond donors (Lipinski definition) is 4. The van der Waals surface area contributed by atoms with Crippen molar-refractivity contribution in [3.63, 3.8) is 0 Å². The summed E-state index contributed by atoms with van der Waals surface area (Å²) in [5.74, 6) is -1.40. The lowest BCUT2D eigenvalue weighted by atomic mass is 10.0. The molecular formula is C44H28F4N4. The molecule has 1 aliphatic heterocycles. The highest BCUT2D eigenvalue weighted by molar-refractivity contribution is 5.84. The van der Waals surface area contributed by atoms with Crippen LogP contribution >= 0.6 is 0 Å². The molecule has 4 aromatic carbocycles. The Morgan fingerprint density at radius 3 is 0.654 bits per heavy atom. The van der Waals surface area contributed by atoms with E-state index in [0.717, 1.165) is 88.7 Å². The van der Waals surface area contributed by atoms with Gasteiger partial charge < -0.3 is 19.9 Å². The molecule has 0 spiro atoms. The third-order valence-corrected chi connectivity index (χ3v) is 9.43. The van der Waals surface area contributed by atoms with E-state index < -0.39 is 0 Å². The minimum atomic E-state index is -0.349. The fraction of sp³-hybridized carbons (Fsp3) is 0. The standard InChI is InChI=1S/C44H28F4N4/c45-29-9-1-25(2-10-29)41-33-17-19-35(49-33)42(26-3-11-30(46)12-4-26)37-21-23-39(51-37)44(28-7-15-32(48)16-8-28)40-24-22-38(52-40)43(36-20-18-34(41)50-36)27-5-13-31(47)14-6-27/h1-24,49-52H. The molecule has 0 unspecified atom stereocenters. The second-order valence-corrected chi connectivity index (χ2v) is 12.7. The van der Waals surface area contributed by atoms with E-state index in [0.29, 0.717) is 0 Å². The number of hydrogen-bond acceptors (Lipinski definition) is 0. The molecular weight excluding hydrogens is 661 g/mol. The Labute approximate surface area is 294 Å². The van der Waals surface area contributed by atoms with Gasteiger partial charge in [0.2, 0.25) is 0 Å². The fourth-order valence-corrected chi connectivity index (χ4v) is 7.04. The second kappa shape index (κ2) is 12.5. The summed E-state index contributed by atoms with van der Waals surface area (Å²) in [6.07, 6.45) is 0. The largest absolute Gasteiger partial charge is 0.354 e. The normalized spacial score (nSPS) is 12.8. The highest BCUT2D eigenvalue weighted by Gasteiger charge is 2.18. The number of rotatable bonds is 4. The van der Waals surface area contributed by atoms with Crippen LogP contribution in [0.4, 0.5) is 17.6 Å². The van der Waals surface area contributed by atoms with Gasteiger partial charge in [0.05, 0.1) is 0 Å². The highest BCUT2D eigenvalue weighted by atomic mass is 19.1. The van der Waals surface area contributed by atoms with Crippen molar-refractivity contribution in [1.29, 1.82) is 0 Å². The summed E-state index contributed by atoms with van der Waals surface area (Å²) in [7, 11) is 0. The van der Waals surface area contributed by atoms with E-state index in [9.17, 15) is 17.6 Å². The molecule has 8 heteroatoms.